The Morgan fingerprint density at radius 1 is 1.05 bits per heavy atom. The number of halogens is 1. The smallest absolute Gasteiger partial charge is 0.317 e. The molecule has 0 radical (unpaired) electrons. The van der Waals surface area contributed by atoms with Gasteiger partial charge in [-0.05, 0) is 23.3 Å². The third-order valence-electron chi connectivity index (χ3n) is 2.98. The number of hydrogen-bond acceptors (Lipinski definition) is 3. The molecule has 0 heterocycles. The molecule has 0 aliphatic rings. The van der Waals surface area contributed by atoms with Crippen LogP contribution in [0.2, 0.25) is 5.02 Å². The SMILES string of the molecule is O=C(O)CS(=O)(Cc1ccc(Cl)cc1)=NCc1ccccc1. The minimum Gasteiger partial charge on any atom is -0.481 e. The third-order valence-corrected chi connectivity index (χ3v) is 5.31. The second-order valence-electron chi connectivity index (χ2n) is 4.85. The maximum absolute atomic E-state index is 12.8. The van der Waals surface area contributed by atoms with E-state index in [1.54, 1.807) is 24.3 Å². The lowest BCUT2D eigenvalue weighted by Crippen LogP contribution is -2.17. The van der Waals surface area contributed by atoms with Gasteiger partial charge in [-0.2, -0.15) is 0 Å². The minimum absolute atomic E-state index is 0.100. The Labute approximate surface area is 134 Å². The maximum atomic E-state index is 12.8. The van der Waals surface area contributed by atoms with Gasteiger partial charge in [-0.1, -0.05) is 54.1 Å². The van der Waals surface area contributed by atoms with Crippen LogP contribution in [0.5, 0.6) is 0 Å². The average Bonchev–Trinajstić information content (AvgIpc) is 2.48. The molecular formula is C16H16ClNO3S. The first-order chi connectivity index (χ1) is 10.5. The van der Waals surface area contributed by atoms with Crippen molar-refractivity contribution in [2.75, 3.05) is 5.75 Å². The van der Waals surface area contributed by atoms with E-state index in [1.807, 2.05) is 30.3 Å². The van der Waals surface area contributed by atoms with Crippen molar-refractivity contribution in [3.63, 3.8) is 0 Å². The second-order valence-corrected chi connectivity index (χ2v) is 7.67. The van der Waals surface area contributed by atoms with Gasteiger partial charge in [0.2, 0.25) is 0 Å². The molecule has 2 rings (SSSR count). The molecule has 1 unspecified atom stereocenters. The van der Waals surface area contributed by atoms with Gasteiger partial charge in [0.15, 0.2) is 0 Å². The van der Waals surface area contributed by atoms with E-state index in [-0.39, 0.29) is 12.3 Å². The van der Waals surface area contributed by atoms with Crippen LogP contribution in [0.15, 0.2) is 59.0 Å². The topological polar surface area (TPSA) is 66.7 Å². The molecule has 0 bridgehead atoms. The number of carboxylic acid groups (broad SMARTS) is 1. The van der Waals surface area contributed by atoms with Crippen LogP contribution in [0.25, 0.3) is 0 Å². The Hall–Kier alpha value is -1.85. The monoisotopic (exact) mass is 337 g/mol. The summed E-state index contributed by atoms with van der Waals surface area (Å²) in [5.74, 6) is -1.48. The van der Waals surface area contributed by atoms with Crippen molar-refractivity contribution in [3.8, 4) is 0 Å². The Balaban J connectivity index is 2.24. The Morgan fingerprint density at radius 3 is 2.27 bits per heavy atom. The summed E-state index contributed by atoms with van der Waals surface area (Å²) < 4.78 is 17.0. The van der Waals surface area contributed by atoms with E-state index in [4.69, 9.17) is 16.7 Å². The molecule has 0 amide bonds. The normalized spacial score (nSPS) is 13.3. The summed E-state index contributed by atoms with van der Waals surface area (Å²) in [5.41, 5.74) is 1.66. The Kier molecular flexibility index (Phi) is 5.57. The molecule has 1 atom stereocenters. The predicted molar refractivity (Wildman–Crippen MR) is 88.4 cm³/mol. The van der Waals surface area contributed by atoms with Crippen LogP contribution >= 0.6 is 11.6 Å². The number of rotatable bonds is 6. The standard InChI is InChI=1S/C16H16ClNO3S/c17-15-8-6-14(7-9-15)11-22(21,12-16(19)20)18-10-13-4-2-1-3-5-13/h1-9H,10-12H2,(H,19,20). The number of carboxylic acids is 1. The lowest BCUT2D eigenvalue weighted by atomic mass is 10.2. The fraction of sp³-hybridized carbons (Fsp3) is 0.188. The number of hydrogen-bond donors (Lipinski definition) is 1. The van der Waals surface area contributed by atoms with E-state index in [1.165, 1.54) is 0 Å². The largest absolute Gasteiger partial charge is 0.481 e. The van der Waals surface area contributed by atoms with Crippen LogP contribution in [0, 0.1) is 0 Å². The van der Waals surface area contributed by atoms with E-state index in [2.05, 4.69) is 4.36 Å². The van der Waals surface area contributed by atoms with Crippen LogP contribution < -0.4 is 0 Å². The lowest BCUT2D eigenvalue weighted by molar-refractivity contribution is -0.134. The van der Waals surface area contributed by atoms with Gasteiger partial charge in [0.25, 0.3) is 0 Å². The molecule has 0 spiro atoms. The average molecular weight is 338 g/mol. The first-order valence-corrected chi connectivity index (χ1v) is 8.88. The summed E-state index contributed by atoms with van der Waals surface area (Å²) in [6.45, 7) is 0.237. The highest BCUT2D eigenvalue weighted by molar-refractivity contribution is 7.93. The van der Waals surface area contributed by atoms with E-state index in [0.29, 0.717) is 5.02 Å². The fourth-order valence-electron chi connectivity index (χ4n) is 1.95. The zero-order valence-electron chi connectivity index (χ0n) is 11.8. The summed E-state index contributed by atoms with van der Waals surface area (Å²) in [4.78, 5) is 11.0. The summed E-state index contributed by atoms with van der Waals surface area (Å²) in [7, 11) is -2.87. The molecule has 2 aromatic carbocycles. The van der Waals surface area contributed by atoms with E-state index in [9.17, 15) is 9.00 Å². The zero-order chi connectivity index (χ0) is 16.0. The molecule has 4 nitrogen and oxygen atoms in total. The number of nitrogens with zero attached hydrogens (tertiary/aromatic N) is 1. The molecule has 0 aromatic heterocycles. The first-order valence-electron chi connectivity index (χ1n) is 6.65. The van der Waals surface area contributed by atoms with Crippen molar-refractivity contribution in [2.24, 2.45) is 4.36 Å². The maximum Gasteiger partial charge on any atom is 0.317 e. The van der Waals surface area contributed by atoms with E-state index in [0.717, 1.165) is 11.1 Å². The third kappa shape index (κ3) is 5.16. The van der Waals surface area contributed by atoms with Crippen molar-refractivity contribution >= 4 is 27.3 Å². The van der Waals surface area contributed by atoms with Crippen molar-refractivity contribution in [1.82, 2.24) is 0 Å². The highest BCUT2D eigenvalue weighted by Gasteiger charge is 2.15. The van der Waals surface area contributed by atoms with Crippen molar-refractivity contribution < 1.29 is 14.1 Å². The number of aliphatic carboxylic acids is 1. The van der Waals surface area contributed by atoms with Crippen molar-refractivity contribution in [3.05, 3.63) is 70.7 Å². The van der Waals surface area contributed by atoms with Gasteiger partial charge in [0.1, 0.15) is 5.75 Å². The van der Waals surface area contributed by atoms with Gasteiger partial charge >= 0.3 is 5.97 Å². The van der Waals surface area contributed by atoms with Crippen molar-refractivity contribution in [1.29, 1.82) is 0 Å². The molecular weight excluding hydrogens is 322 g/mol. The lowest BCUT2D eigenvalue weighted by Gasteiger charge is -2.09. The summed E-state index contributed by atoms with van der Waals surface area (Å²) in [6.07, 6.45) is 0. The molecule has 2 aromatic rings. The first kappa shape index (κ1) is 16.5. The Bertz CT molecular complexity index is 751. The highest BCUT2D eigenvalue weighted by Crippen LogP contribution is 2.15. The van der Waals surface area contributed by atoms with Gasteiger partial charge in [0, 0.05) is 5.02 Å². The van der Waals surface area contributed by atoms with E-state index < -0.39 is 21.5 Å². The molecule has 0 saturated carbocycles. The fourth-order valence-corrected chi connectivity index (χ4v) is 3.85. The zero-order valence-corrected chi connectivity index (χ0v) is 13.4. The molecule has 116 valence electrons. The molecule has 0 aliphatic carbocycles. The molecule has 22 heavy (non-hydrogen) atoms. The van der Waals surface area contributed by atoms with Gasteiger partial charge in [0.05, 0.1) is 22.0 Å². The molecule has 1 N–H and O–H groups in total. The number of carbonyl (C=O) groups is 1. The summed E-state index contributed by atoms with van der Waals surface area (Å²) in [5, 5.41) is 9.59. The summed E-state index contributed by atoms with van der Waals surface area (Å²) in [6, 6.07) is 16.2. The highest BCUT2D eigenvalue weighted by atomic mass is 35.5. The van der Waals surface area contributed by atoms with Gasteiger partial charge in [-0.15, -0.1) is 0 Å². The van der Waals surface area contributed by atoms with Crippen LogP contribution in [-0.4, -0.2) is 21.0 Å². The van der Waals surface area contributed by atoms with Crippen LogP contribution in [0.3, 0.4) is 0 Å². The van der Waals surface area contributed by atoms with Crippen LogP contribution in [0.4, 0.5) is 0 Å². The molecule has 0 aliphatic heterocycles. The Morgan fingerprint density at radius 2 is 1.68 bits per heavy atom. The summed E-state index contributed by atoms with van der Waals surface area (Å²) >= 11 is 5.82. The van der Waals surface area contributed by atoms with E-state index >= 15 is 0 Å². The molecule has 0 fully saturated rings. The van der Waals surface area contributed by atoms with Crippen molar-refractivity contribution in [2.45, 2.75) is 12.3 Å². The van der Waals surface area contributed by atoms with Gasteiger partial charge in [-0.25, -0.2) is 8.57 Å². The second kappa shape index (κ2) is 7.42. The predicted octanol–water partition coefficient (Wildman–Crippen LogP) is 3.59. The quantitative estimate of drug-likeness (QED) is 0.875. The van der Waals surface area contributed by atoms with Crippen LogP contribution in [0.1, 0.15) is 11.1 Å². The molecule has 6 heteroatoms. The minimum atomic E-state index is -2.87. The van der Waals surface area contributed by atoms with Gasteiger partial charge < -0.3 is 5.11 Å². The molecule has 0 saturated heterocycles. The van der Waals surface area contributed by atoms with Crippen LogP contribution in [-0.2, 0) is 26.8 Å². The number of benzene rings is 2. The van der Waals surface area contributed by atoms with Gasteiger partial charge in [-0.3, -0.25) is 4.79 Å².